The lowest BCUT2D eigenvalue weighted by atomic mass is 10.1. The van der Waals surface area contributed by atoms with E-state index in [0.29, 0.717) is 0 Å². The number of hydrogen-bond donors (Lipinski definition) is 0. The molecule has 0 saturated heterocycles. The lowest BCUT2D eigenvalue weighted by Crippen LogP contribution is -2.32. The van der Waals surface area contributed by atoms with Gasteiger partial charge in [0.1, 0.15) is 0 Å². The topological polar surface area (TPSA) is 23.6 Å². The van der Waals surface area contributed by atoms with E-state index in [9.17, 15) is 13.6 Å². The van der Waals surface area contributed by atoms with Crippen molar-refractivity contribution in [3.8, 4) is 0 Å². The summed E-state index contributed by atoms with van der Waals surface area (Å²) in [6, 6.07) is 3.28. The molecule has 0 heterocycles. The van der Waals surface area contributed by atoms with Crippen LogP contribution in [-0.4, -0.2) is 55.9 Å². The van der Waals surface area contributed by atoms with Gasteiger partial charge in [-0.25, -0.2) is 8.78 Å². The maximum Gasteiger partial charge on any atom is 0.176 e. The Hall–Kier alpha value is -1.33. The number of nitrogens with zero attached hydrogens (tertiary/aromatic N) is 2. The van der Waals surface area contributed by atoms with Crippen molar-refractivity contribution in [2.45, 2.75) is 13.3 Å². The summed E-state index contributed by atoms with van der Waals surface area (Å²) in [4.78, 5) is 16.1. The largest absolute Gasteiger partial charge is 0.309 e. The van der Waals surface area contributed by atoms with Gasteiger partial charge in [-0.15, -0.1) is 0 Å². The van der Waals surface area contributed by atoms with Gasteiger partial charge in [-0.1, -0.05) is 6.92 Å². The van der Waals surface area contributed by atoms with Crippen LogP contribution in [0, 0.1) is 11.6 Å². The lowest BCUT2D eigenvalue weighted by molar-refractivity contribution is 0.0931. The summed E-state index contributed by atoms with van der Waals surface area (Å²) in [5.74, 6) is -2.10. The minimum Gasteiger partial charge on any atom is -0.309 e. The highest BCUT2D eigenvalue weighted by molar-refractivity contribution is 5.97. The average Bonchev–Trinajstić information content (AvgIpc) is 2.40. The van der Waals surface area contributed by atoms with Gasteiger partial charge in [-0.2, -0.15) is 0 Å². The maximum atomic E-state index is 13.1. The zero-order chi connectivity index (χ0) is 15.1. The molecule has 0 unspecified atom stereocenters. The van der Waals surface area contributed by atoms with Crippen LogP contribution >= 0.6 is 0 Å². The third-order valence-corrected chi connectivity index (χ3v) is 3.14. The number of rotatable bonds is 8. The molecule has 0 aliphatic rings. The second kappa shape index (κ2) is 8.07. The fourth-order valence-electron chi connectivity index (χ4n) is 1.92. The molecule has 0 atom stereocenters. The van der Waals surface area contributed by atoms with Gasteiger partial charge in [0.15, 0.2) is 17.4 Å². The first kappa shape index (κ1) is 16.7. The Morgan fingerprint density at radius 1 is 1.15 bits per heavy atom. The van der Waals surface area contributed by atoms with Crippen LogP contribution in [0.3, 0.4) is 0 Å². The summed E-state index contributed by atoms with van der Waals surface area (Å²) in [7, 11) is 4.01. The second-order valence-corrected chi connectivity index (χ2v) is 5.08. The van der Waals surface area contributed by atoms with Crippen LogP contribution in [-0.2, 0) is 0 Å². The Morgan fingerprint density at radius 2 is 1.85 bits per heavy atom. The molecule has 0 aliphatic heterocycles. The number of benzene rings is 1. The van der Waals surface area contributed by atoms with E-state index in [1.165, 1.54) is 6.07 Å². The van der Waals surface area contributed by atoms with Gasteiger partial charge in [0.25, 0.3) is 0 Å². The third kappa shape index (κ3) is 5.35. The first-order chi connectivity index (χ1) is 9.43. The zero-order valence-corrected chi connectivity index (χ0v) is 12.3. The van der Waals surface area contributed by atoms with Crippen LogP contribution in [0.5, 0.6) is 0 Å². The molecule has 1 aromatic rings. The minimum absolute atomic E-state index is 0.185. The smallest absolute Gasteiger partial charge is 0.176 e. The summed E-state index contributed by atoms with van der Waals surface area (Å²) < 4.78 is 25.9. The van der Waals surface area contributed by atoms with Gasteiger partial charge in [-0.05, 0) is 58.3 Å². The summed E-state index contributed by atoms with van der Waals surface area (Å²) in [6.45, 7) is 4.73. The molecule has 1 rings (SSSR count). The molecular weight excluding hydrogens is 262 g/mol. The number of carbonyl (C=O) groups is 1. The third-order valence-electron chi connectivity index (χ3n) is 3.14. The number of hydrogen-bond acceptors (Lipinski definition) is 3. The van der Waals surface area contributed by atoms with E-state index in [4.69, 9.17) is 0 Å². The number of likely N-dealkylation sites (N-methyl/N-ethyl adjacent to an activating group) is 1. The highest BCUT2D eigenvalue weighted by Crippen LogP contribution is 2.10. The van der Waals surface area contributed by atoms with Crippen molar-refractivity contribution in [3.63, 3.8) is 0 Å². The standard InChI is InChI=1S/C15H22F2N2O/c1-4-19(9-5-8-18(2)3)11-15(20)12-6-7-13(16)14(17)10-12/h6-7,10H,4-5,8-9,11H2,1-3H3. The van der Waals surface area contributed by atoms with E-state index < -0.39 is 11.6 Å². The van der Waals surface area contributed by atoms with Crippen molar-refractivity contribution in [3.05, 3.63) is 35.4 Å². The van der Waals surface area contributed by atoms with Crippen molar-refractivity contribution in [2.75, 3.05) is 40.3 Å². The van der Waals surface area contributed by atoms with Crippen molar-refractivity contribution >= 4 is 5.78 Å². The van der Waals surface area contributed by atoms with Gasteiger partial charge >= 0.3 is 0 Å². The van der Waals surface area contributed by atoms with Crippen molar-refractivity contribution in [2.24, 2.45) is 0 Å². The predicted octanol–water partition coefficient (Wildman–Crippen LogP) is 2.42. The minimum atomic E-state index is -0.980. The molecule has 0 aromatic heterocycles. The van der Waals surface area contributed by atoms with Gasteiger partial charge in [-0.3, -0.25) is 9.69 Å². The first-order valence-corrected chi connectivity index (χ1v) is 6.79. The van der Waals surface area contributed by atoms with E-state index in [-0.39, 0.29) is 17.9 Å². The molecule has 5 heteroatoms. The molecule has 0 bridgehead atoms. The van der Waals surface area contributed by atoms with Gasteiger partial charge in [0.2, 0.25) is 0 Å². The molecule has 0 radical (unpaired) electrons. The quantitative estimate of drug-likeness (QED) is 0.685. The Labute approximate surface area is 119 Å². The molecule has 1 aromatic carbocycles. The SMILES string of the molecule is CCN(CCCN(C)C)CC(=O)c1ccc(F)c(F)c1. The normalized spacial score (nSPS) is 11.3. The molecule has 0 saturated carbocycles. The molecule has 0 N–H and O–H groups in total. The summed E-state index contributed by atoms with van der Waals surface area (Å²) in [5, 5.41) is 0. The van der Waals surface area contributed by atoms with Gasteiger partial charge in [0.05, 0.1) is 6.54 Å². The van der Waals surface area contributed by atoms with Gasteiger partial charge in [0, 0.05) is 5.56 Å². The highest BCUT2D eigenvalue weighted by atomic mass is 19.2. The Morgan fingerprint density at radius 3 is 2.40 bits per heavy atom. The number of halogens is 2. The lowest BCUT2D eigenvalue weighted by Gasteiger charge is -2.20. The molecule has 0 fully saturated rings. The number of Topliss-reactive ketones (excluding diaryl/α,β-unsaturated/α-hetero) is 1. The van der Waals surface area contributed by atoms with Crippen LogP contribution in [0.2, 0.25) is 0 Å². The van der Waals surface area contributed by atoms with E-state index in [0.717, 1.165) is 38.2 Å². The molecule has 3 nitrogen and oxygen atoms in total. The van der Waals surface area contributed by atoms with E-state index in [1.807, 2.05) is 25.9 Å². The van der Waals surface area contributed by atoms with Crippen LogP contribution in [0.1, 0.15) is 23.7 Å². The van der Waals surface area contributed by atoms with E-state index in [1.54, 1.807) is 0 Å². The summed E-state index contributed by atoms with van der Waals surface area (Å²) in [6.07, 6.45) is 0.964. The average molecular weight is 284 g/mol. The van der Waals surface area contributed by atoms with Crippen LogP contribution in [0.4, 0.5) is 8.78 Å². The first-order valence-electron chi connectivity index (χ1n) is 6.79. The summed E-state index contributed by atoms with van der Waals surface area (Å²) in [5.41, 5.74) is 0.218. The fraction of sp³-hybridized carbons (Fsp3) is 0.533. The van der Waals surface area contributed by atoms with Crippen LogP contribution in [0.15, 0.2) is 18.2 Å². The Bertz CT molecular complexity index is 449. The maximum absolute atomic E-state index is 13.1. The number of ketones is 1. The van der Waals surface area contributed by atoms with Crippen LogP contribution in [0.25, 0.3) is 0 Å². The number of carbonyl (C=O) groups excluding carboxylic acids is 1. The van der Waals surface area contributed by atoms with Crippen molar-refractivity contribution in [1.82, 2.24) is 9.80 Å². The Balaban J connectivity index is 2.55. The molecule has 0 spiro atoms. The molecular formula is C15H22F2N2O. The Kier molecular flexibility index (Phi) is 6.75. The fourth-order valence-corrected chi connectivity index (χ4v) is 1.92. The van der Waals surface area contributed by atoms with Crippen LogP contribution < -0.4 is 0 Å². The van der Waals surface area contributed by atoms with Crippen molar-refractivity contribution in [1.29, 1.82) is 0 Å². The molecule has 20 heavy (non-hydrogen) atoms. The monoisotopic (exact) mass is 284 g/mol. The summed E-state index contributed by atoms with van der Waals surface area (Å²) >= 11 is 0. The second-order valence-electron chi connectivity index (χ2n) is 5.08. The van der Waals surface area contributed by atoms with E-state index >= 15 is 0 Å². The molecule has 0 amide bonds. The highest BCUT2D eigenvalue weighted by Gasteiger charge is 2.13. The predicted molar refractivity (Wildman–Crippen MR) is 76.0 cm³/mol. The molecule has 0 aliphatic carbocycles. The van der Waals surface area contributed by atoms with Gasteiger partial charge < -0.3 is 4.90 Å². The van der Waals surface area contributed by atoms with Crippen molar-refractivity contribution < 1.29 is 13.6 Å². The molecule has 112 valence electrons. The van der Waals surface area contributed by atoms with E-state index in [2.05, 4.69) is 4.90 Å². The zero-order valence-electron chi connectivity index (χ0n) is 12.3.